The zero-order valence-corrected chi connectivity index (χ0v) is 13.7. The van der Waals surface area contributed by atoms with Gasteiger partial charge < -0.3 is 0 Å². The van der Waals surface area contributed by atoms with E-state index in [4.69, 9.17) is 0 Å². The van der Waals surface area contributed by atoms with Gasteiger partial charge in [-0.25, -0.2) is 4.68 Å². The molecule has 0 saturated heterocycles. The number of hydrogen-bond acceptors (Lipinski definition) is 3. The summed E-state index contributed by atoms with van der Waals surface area (Å²) in [7, 11) is 0. The first-order valence-electron chi connectivity index (χ1n) is 7.70. The fourth-order valence-corrected chi connectivity index (χ4v) is 3.43. The second-order valence-corrected chi connectivity index (χ2v) is 6.41. The van der Waals surface area contributed by atoms with E-state index in [0.717, 1.165) is 21.8 Å². The molecular formula is C20H15N3S. The molecule has 1 aromatic heterocycles. The largest absolute Gasteiger partial charge is 0.219 e. The number of aromatic nitrogens is 3. The van der Waals surface area contributed by atoms with E-state index in [1.165, 1.54) is 4.90 Å². The lowest BCUT2D eigenvalue weighted by atomic mass is 10.2. The van der Waals surface area contributed by atoms with Crippen molar-refractivity contribution in [1.29, 1.82) is 0 Å². The van der Waals surface area contributed by atoms with Gasteiger partial charge in [0.25, 0.3) is 0 Å². The molecular weight excluding hydrogens is 314 g/mol. The standard InChI is InChI=1S/C20H15N3S/c1-3-9-16(10-4-1)18-15-23(22-21-18)19-13-7-8-14-20(19)24-17-11-5-2-6-12-17/h1-15H. The Morgan fingerprint density at radius 1 is 0.708 bits per heavy atom. The molecule has 0 radical (unpaired) electrons. The van der Waals surface area contributed by atoms with Crippen LogP contribution in [0, 0.1) is 0 Å². The second-order valence-electron chi connectivity index (χ2n) is 5.30. The average Bonchev–Trinajstić information content (AvgIpc) is 3.14. The Morgan fingerprint density at radius 3 is 2.17 bits per heavy atom. The smallest absolute Gasteiger partial charge is 0.113 e. The Morgan fingerprint density at radius 2 is 1.38 bits per heavy atom. The van der Waals surface area contributed by atoms with Crippen LogP contribution in [0.15, 0.2) is 101 Å². The van der Waals surface area contributed by atoms with Gasteiger partial charge >= 0.3 is 0 Å². The third kappa shape index (κ3) is 3.09. The topological polar surface area (TPSA) is 30.7 Å². The number of para-hydroxylation sites is 1. The minimum atomic E-state index is 0.870. The molecule has 0 spiro atoms. The van der Waals surface area contributed by atoms with Crippen molar-refractivity contribution in [3.63, 3.8) is 0 Å². The zero-order valence-electron chi connectivity index (χ0n) is 12.9. The molecule has 0 atom stereocenters. The van der Waals surface area contributed by atoms with Crippen LogP contribution in [-0.4, -0.2) is 15.0 Å². The van der Waals surface area contributed by atoms with Gasteiger partial charge in [0.15, 0.2) is 0 Å². The van der Waals surface area contributed by atoms with Gasteiger partial charge in [-0.15, -0.1) is 5.10 Å². The summed E-state index contributed by atoms with van der Waals surface area (Å²) in [5, 5.41) is 8.63. The van der Waals surface area contributed by atoms with Crippen molar-refractivity contribution >= 4 is 11.8 Å². The maximum atomic E-state index is 4.32. The molecule has 4 aromatic rings. The van der Waals surface area contributed by atoms with Gasteiger partial charge in [0.1, 0.15) is 5.69 Å². The van der Waals surface area contributed by atoms with Crippen LogP contribution in [0.4, 0.5) is 0 Å². The Labute approximate surface area is 145 Å². The molecule has 0 bridgehead atoms. The average molecular weight is 329 g/mol. The van der Waals surface area contributed by atoms with Gasteiger partial charge in [-0.05, 0) is 24.3 Å². The van der Waals surface area contributed by atoms with Crippen molar-refractivity contribution < 1.29 is 0 Å². The predicted molar refractivity (Wildman–Crippen MR) is 97.4 cm³/mol. The van der Waals surface area contributed by atoms with Crippen LogP contribution < -0.4 is 0 Å². The molecule has 3 aromatic carbocycles. The molecule has 0 saturated carbocycles. The van der Waals surface area contributed by atoms with E-state index in [9.17, 15) is 0 Å². The van der Waals surface area contributed by atoms with Gasteiger partial charge in [-0.3, -0.25) is 0 Å². The summed E-state index contributed by atoms with van der Waals surface area (Å²) in [6.07, 6.45) is 1.97. The summed E-state index contributed by atoms with van der Waals surface area (Å²) in [5.41, 5.74) is 2.97. The van der Waals surface area contributed by atoms with Crippen LogP contribution in [-0.2, 0) is 0 Å². The minimum absolute atomic E-state index is 0.870. The molecule has 0 unspecified atom stereocenters. The maximum absolute atomic E-state index is 4.32. The summed E-state index contributed by atoms with van der Waals surface area (Å²) in [5.74, 6) is 0. The molecule has 0 aliphatic heterocycles. The lowest BCUT2D eigenvalue weighted by Crippen LogP contribution is -1.96. The summed E-state index contributed by atoms with van der Waals surface area (Å²) in [6.45, 7) is 0. The third-order valence-electron chi connectivity index (χ3n) is 3.65. The van der Waals surface area contributed by atoms with E-state index < -0.39 is 0 Å². The van der Waals surface area contributed by atoms with Crippen molar-refractivity contribution in [1.82, 2.24) is 15.0 Å². The molecule has 4 heteroatoms. The van der Waals surface area contributed by atoms with Crippen molar-refractivity contribution in [2.45, 2.75) is 9.79 Å². The van der Waals surface area contributed by atoms with E-state index in [1.807, 2.05) is 71.5 Å². The molecule has 4 rings (SSSR count). The van der Waals surface area contributed by atoms with Crippen molar-refractivity contribution in [2.75, 3.05) is 0 Å². The molecule has 0 aliphatic carbocycles. The Balaban J connectivity index is 1.69. The highest BCUT2D eigenvalue weighted by atomic mass is 32.2. The fourth-order valence-electron chi connectivity index (χ4n) is 2.47. The Hall–Kier alpha value is -2.85. The van der Waals surface area contributed by atoms with Crippen LogP contribution in [0.1, 0.15) is 0 Å². The molecule has 24 heavy (non-hydrogen) atoms. The SMILES string of the molecule is c1ccc(Sc2ccccc2-n2cc(-c3ccccc3)nn2)cc1. The molecule has 0 amide bonds. The second kappa shape index (κ2) is 6.72. The Bertz CT molecular complexity index is 933. The Kier molecular flexibility index (Phi) is 4.13. The lowest BCUT2D eigenvalue weighted by Gasteiger charge is -2.08. The number of rotatable bonds is 4. The summed E-state index contributed by atoms with van der Waals surface area (Å²) >= 11 is 1.73. The maximum Gasteiger partial charge on any atom is 0.113 e. The first-order chi connectivity index (χ1) is 11.9. The molecule has 0 fully saturated rings. The molecule has 1 heterocycles. The zero-order chi connectivity index (χ0) is 16.2. The quantitative estimate of drug-likeness (QED) is 0.523. The van der Waals surface area contributed by atoms with Crippen molar-refractivity contribution in [3.05, 3.63) is 91.1 Å². The number of nitrogens with zero attached hydrogens (tertiary/aromatic N) is 3. The van der Waals surface area contributed by atoms with Crippen LogP contribution in [0.5, 0.6) is 0 Å². The fraction of sp³-hybridized carbons (Fsp3) is 0. The van der Waals surface area contributed by atoms with E-state index in [0.29, 0.717) is 0 Å². The molecule has 116 valence electrons. The van der Waals surface area contributed by atoms with E-state index in [2.05, 4.69) is 34.6 Å². The highest BCUT2D eigenvalue weighted by Gasteiger charge is 2.09. The lowest BCUT2D eigenvalue weighted by molar-refractivity contribution is 0.792. The van der Waals surface area contributed by atoms with Crippen molar-refractivity contribution in [3.8, 4) is 16.9 Å². The van der Waals surface area contributed by atoms with Gasteiger partial charge in [-0.2, -0.15) is 0 Å². The van der Waals surface area contributed by atoms with E-state index in [1.54, 1.807) is 11.8 Å². The van der Waals surface area contributed by atoms with Crippen LogP contribution in [0.25, 0.3) is 16.9 Å². The van der Waals surface area contributed by atoms with Crippen LogP contribution >= 0.6 is 11.8 Å². The number of benzene rings is 3. The highest BCUT2D eigenvalue weighted by molar-refractivity contribution is 7.99. The molecule has 3 nitrogen and oxygen atoms in total. The normalized spacial score (nSPS) is 10.7. The third-order valence-corrected chi connectivity index (χ3v) is 4.72. The van der Waals surface area contributed by atoms with Gasteiger partial charge in [-0.1, -0.05) is 77.6 Å². The first-order valence-corrected chi connectivity index (χ1v) is 8.52. The van der Waals surface area contributed by atoms with Crippen LogP contribution in [0.2, 0.25) is 0 Å². The van der Waals surface area contributed by atoms with E-state index in [-0.39, 0.29) is 0 Å². The summed E-state index contributed by atoms with van der Waals surface area (Å²) < 4.78 is 1.84. The van der Waals surface area contributed by atoms with Gasteiger partial charge in [0.05, 0.1) is 11.9 Å². The van der Waals surface area contributed by atoms with Gasteiger partial charge in [0, 0.05) is 15.4 Å². The monoisotopic (exact) mass is 329 g/mol. The highest BCUT2D eigenvalue weighted by Crippen LogP contribution is 2.32. The summed E-state index contributed by atoms with van der Waals surface area (Å²) in [6, 6.07) is 28.7. The molecule has 0 aliphatic rings. The summed E-state index contributed by atoms with van der Waals surface area (Å²) in [4.78, 5) is 2.35. The molecule has 0 N–H and O–H groups in total. The minimum Gasteiger partial charge on any atom is -0.219 e. The predicted octanol–water partition coefficient (Wildman–Crippen LogP) is 5.09. The van der Waals surface area contributed by atoms with E-state index >= 15 is 0 Å². The number of hydrogen-bond donors (Lipinski definition) is 0. The van der Waals surface area contributed by atoms with Crippen LogP contribution in [0.3, 0.4) is 0 Å². The first kappa shape index (κ1) is 14.7. The van der Waals surface area contributed by atoms with Crippen molar-refractivity contribution in [2.24, 2.45) is 0 Å². The van der Waals surface area contributed by atoms with Gasteiger partial charge in [0.2, 0.25) is 0 Å².